The topological polar surface area (TPSA) is 15.3 Å². The van der Waals surface area contributed by atoms with Gasteiger partial charge in [-0.25, -0.2) is 0 Å². The minimum Gasteiger partial charge on any atom is -0.313 e. The number of halogens is 3. The number of alkyl halides is 3. The van der Waals surface area contributed by atoms with E-state index in [2.05, 4.69) is 12.2 Å². The second-order valence-corrected chi connectivity index (χ2v) is 4.63. The lowest BCUT2D eigenvalue weighted by atomic mass is 10.0. The zero-order chi connectivity index (χ0) is 12.2. The number of rotatable bonds is 4. The largest absolute Gasteiger partial charge is 0.401 e. The highest BCUT2D eigenvalue weighted by molar-refractivity contribution is 4.83. The van der Waals surface area contributed by atoms with Gasteiger partial charge in [-0.1, -0.05) is 6.92 Å². The molecule has 1 aliphatic rings. The van der Waals surface area contributed by atoms with E-state index in [9.17, 15) is 13.2 Å². The molecule has 2 nitrogen and oxygen atoms in total. The van der Waals surface area contributed by atoms with Gasteiger partial charge in [0.2, 0.25) is 0 Å². The normalized spacial score (nSPS) is 27.4. The van der Waals surface area contributed by atoms with Crippen LogP contribution < -0.4 is 5.32 Å². The molecule has 1 saturated heterocycles. The van der Waals surface area contributed by atoms with Gasteiger partial charge in [0.1, 0.15) is 0 Å². The third kappa shape index (κ3) is 4.70. The molecule has 1 aliphatic heterocycles. The monoisotopic (exact) mass is 238 g/mol. The minimum absolute atomic E-state index is 0.0396. The summed E-state index contributed by atoms with van der Waals surface area (Å²) in [7, 11) is 0. The third-order valence-corrected chi connectivity index (χ3v) is 3.04. The maximum Gasteiger partial charge on any atom is 0.401 e. The Morgan fingerprint density at radius 2 is 2.00 bits per heavy atom. The molecule has 0 saturated carbocycles. The standard InChI is InChI=1S/C11H21F3N2/c1-3-6-16(8-11(12,13)14)10-5-4-9(2)15-7-10/h9-10,15H,3-8H2,1-2H3. The van der Waals surface area contributed by atoms with Crippen LogP contribution in [0.4, 0.5) is 13.2 Å². The summed E-state index contributed by atoms with van der Waals surface area (Å²) < 4.78 is 37.2. The second kappa shape index (κ2) is 5.87. The van der Waals surface area contributed by atoms with Gasteiger partial charge in [-0.2, -0.15) is 13.2 Å². The molecule has 0 spiro atoms. The van der Waals surface area contributed by atoms with Gasteiger partial charge in [-0.15, -0.1) is 0 Å². The molecule has 0 aromatic carbocycles. The Balaban J connectivity index is 2.49. The minimum atomic E-state index is -4.09. The van der Waals surface area contributed by atoms with Crippen LogP contribution in [-0.2, 0) is 0 Å². The van der Waals surface area contributed by atoms with Crippen LogP contribution in [0, 0.1) is 0 Å². The van der Waals surface area contributed by atoms with Crippen LogP contribution in [0.2, 0.25) is 0 Å². The fourth-order valence-corrected chi connectivity index (χ4v) is 2.20. The van der Waals surface area contributed by atoms with Gasteiger partial charge in [0.05, 0.1) is 6.54 Å². The van der Waals surface area contributed by atoms with Crippen LogP contribution >= 0.6 is 0 Å². The highest BCUT2D eigenvalue weighted by Crippen LogP contribution is 2.21. The van der Waals surface area contributed by atoms with Gasteiger partial charge >= 0.3 is 6.18 Å². The molecule has 1 rings (SSSR count). The van der Waals surface area contributed by atoms with E-state index in [1.807, 2.05) is 6.92 Å². The van der Waals surface area contributed by atoms with E-state index in [1.165, 1.54) is 0 Å². The van der Waals surface area contributed by atoms with Gasteiger partial charge < -0.3 is 5.32 Å². The zero-order valence-electron chi connectivity index (χ0n) is 9.98. The summed E-state index contributed by atoms with van der Waals surface area (Å²) in [5.41, 5.74) is 0. The van der Waals surface area contributed by atoms with Gasteiger partial charge in [0.15, 0.2) is 0 Å². The van der Waals surface area contributed by atoms with Crippen LogP contribution in [0.5, 0.6) is 0 Å². The van der Waals surface area contributed by atoms with E-state index in [0.29, 0.717) is 19.1 Å². The molecule has 5 heteroatoms. The van der Waals surface area contributed by atoms with Crippen molar-refractivity contribution in [1.29, 1.82) is 0 Å². The first-order chi connectivity index (χ1) is 7.42. The predicted molar refractivity (Wildman–Crippen MR) is 58.4 cm³/mol. The Bertz CT molecular complexity index is 198. The van der Waals surface area contributed by atoms with Gasteiger partial charge in [-0.3, -0.25) is 4.90 Å². The summed E-state index contributed by atoms with van der Waals surface area (Å²) in [6.07, 6.45) is -1.49. The van der Waals surface area contributed by atoms with Crippen LogP contribution in [0.25, 0.3) is 0 Å². The van der Waals surface area contributed by atoms with Crippen molar-refractivity contribution < 1.29 is 13.2 Å². The molecule has 1 heterocycles. The van der Waals surface area contributed by atoms with Gasteiger partial charge in [-0.05, 0) is 32.7 Å². The molecule has 0 aliphatic carbocycles. The van der Waals surface area contributed by atoms with E-state index < -0.39 is 12.7 Å². The smallest absolute Gasteiger partial charge is 0.313 e. The number of piperidine rings is 1. The van der Waals surface area contributed by atoms with Crippen molar-refractivity contribution in [1.82, 2.24) is 10.2 Å². The predicted octanol–water partition coefficient (Wildman–Crippen LogP) is 2.40. The summed E-state index contributed by atoms with van der Waals surface area (Å²) in [5.74, 6) is 0. The highest BCUT2D eigenvalue weighted by Gasteiger charge is 2.34. The Hall–Kier alpha value is -0.290. The Kier molecular flexibility index (Phi) is 5.05. The SMILES string of the molecule is CCCN(CC(F)(F)F)C1CCC(C)NC1. The fourth-order valence-electron chi connectivity index (χ4n) is 2.20. The molecule has 0 amide bonds. The molecule has 2 unspecified atom stereocenters. The van der Waals surface area contributed by atoms with E-state index >= 15 is 0 Å². The van der Waals surface area contributed by atoms with Crippen LogP contribution in [0.15, 0.2) is 0 Å². The zero-order valence-corrected chi connectivity index (χ0v) is 9.98. The molecular weight excluding hydrogens is 217 g/mol. The van der Waals surface area contributed by atoms with E-state index in [1.54, 1.807) is 4.90 Å². The first kappa shape index (κ1) is 13.8. The van der Waals surface area contributed by atoms with Crippen LogP contribution in [0.3, 0.4) is 0 Å². The van der Waals surface area contributed by atoms with Crippen molar-refractivity contribution in [3.63, 3.8) is 0 Å². The van der Waals surface area contributed by atoms with Crippen molar-refractivity contribution >= 4 is 0 Å². The quantitative estimate of drug-likeness (QED) is 0.809. The molecule has 0 bridgehead atoms. The maximum absolute atomic E-state index is 12.4. The summed E-state index contributed by atoms with van der Waals surface area (Å²) in [6.45, 7) is 4.42. The van der Waals surface area contributed by atoms with E-state index in [-0.39, 0.29) is 6.04 Å². The maximum atomic E-state index is 12.4. The van der Waals surface area contributed by atoms with Crippen molar-refractivity contribution in [3.05, 3.63) is 0 Å². The fraction of sp³-hybridized carbons (Fsp3) is 1.00. The van der Waals surface area contributed by atoms with E-state index in [0.717, 1.165) is 19.3 Å². The lowest BCUT2D eigenvalue weighted by molar-refractivity contribution is -0.151. The molecular formula is C11H21F3N2. The average molecular weight is 238 g/mol. The Morgan fingerprint density at radius 1 is 1.31 bits per heavy atom. The molecule has 0 aromatic rings. The average Bonchev–Trinajstić information content (AvgIpc) is 2.16. The lowest BCUT2D eigenvalue weighted by Crippen LogP contribution is -2.51. The summed E-state index contributed by atoms with van der Waals surface area (Å²) >= 11 is 0. The lowest BCUT2D eigenvalue weighted by Gasteiger charge is -2.37. The molecule has 16 heavy (non-hydrogen) atoms. The Morgan fingerprint density at radius 3 is 2.44 bits per heavy atom. The van der Waals surface area contributed by atoms with Crippen molar-refractivity contribution in [3.8, 4) is 0 Å². The molecule has 0 radical (unpaired) electrons. The number of hydrogen-bond donors (Lipinski definition) is 1. The van der Waals surface area contributed by atoms with Crippen LogP contribution in [0.1, 0.15) is 33.1 Å². The second-order valence-electron chi connectivity index (χ2n) is 4.63. The molecule has 2 atom stereocenters. The summed E-state index contributed by atoms with van der Waals surface area (Å²) in [4.78, 5) is 1.57. The number of hydrogen-bond acceptors (Lipinski definition) is 2. The molecule has 1 fully saturated rings. The first-order valence-electron chi connectivity index (χ1n) is 5.96. The Labute approximate surface area is 95.2 Å². The molecule has 1 N–H and O–H groups in total. The van der Waals surface area contributed by atoms with Crippen molar-refractivity contribution in [2.24, 2.45) is 0 Å². The molecule has 0 aromatic heterocycles. The first-order valence-corrected chi connectivity index (χ1v) is 5.96. The van der Waals surface area contributed by atoms with Gasteiger partial charge in [0.25, 0.3) is 0 Å². The summed E-state index contributed by atoms with van der Waals surface area (Å²) in [6, 6.07) is 0.475. The third-order valence-electron chi connectivity index (χ3n) is 3.04. The van der Waals surface area contributed by atoms with E-state index in [4.69, 9.17) is 0 Å². The van der Waals surface area contributed by atoms with Crippen molar-refractivity contribution in [2.45, 2.75) is 51.4 Å². The number of nitrogens with zero attached hydrogens (tertiary/aromatic N) is 1. The van der Waals surface area contributed by atoms with Crippen molar-refractivity contribution in [2.75, 3.05) is 19.6 Å². The summed E-state index contributed by atoms with van der Waals surface area (Å²) in [5, 5.41) is 3.25. The van der Waals surface area contributed by atoms with Gasteiger partial charge in [0, 0.05) is 18.6 Å². The number of nitrogens with one attached hydrogen (secondary N) is 1. The van der Waals surface area contributed by atoms with Crippen LogP contribution in [-0.4, -0.2) is 42.8 Å². The highest BCUT2D eigenvalue weighted by atomic mass is 19.4. The molecule has 96 valence electrons.